The highest BCUT2D eigenvalue weighted by Gasteiger charge is 2.07. The first kappa shape index (κ1) is 14.9. The lowest BCUT2D eigenvalue weighted by Crippen LogP contribution is -2.00. The average Bonchev–Trinajstić information content (AvgIpc) is 2.47. The van der Waals surface area contributed by atoms with Crippen LogP contribution in [0, 0.1) is 10.1 Å². The number of oxime groups is 1. The number of halogens is 1. The SMILES string of the molecule is O=C(O/N=C\c1ccc([N+](=O)[O-])cc1)c1cccc(Br)c1. The van der Waals surface area contributed by atoms with Gasteiger partial charge in [0.1, 0.15) is 0 Å². The molecule has 106 valence electrons. The summed E-state index contributed by atoms with van der Waals surface area (Å²) in [6.07, 6.45) is 1.31. The van der Waals surface area contributed by atoms with Gasteiger partial charge in [0.25, 0.3) is 5.69 Å². The Labute approximate surface area is 128 Å². The molecule has 0 amide bonds. The van der Waals surface area contributed by atoms with Gasteiger partial charge in [-0.15, -0.1) is 0 Å². The summed E-state index contributed by atoms with van der Waals surface area (Å²) in [5.74, 6) is -0.588. The van der Waals surface area contributed by atoms with Crippen LogP contribution in [0.25, 0.3) is 0 Å². The lowest BCUT2D eigenvalue weighted by molar-refractivity contribution is -0.384. The molecule has 0 radical (unpaired) electrons. The standard InChI is InChI=1S/C14H9BrN2O4/c15-12-3-1-2-11(8-12)14(18)21-16-9-10-4-6-13(7-5-10)17(19)20/h1-9H/b16-9-. The lowest BCUT2D eigenvalue weighted by Gasteiger charge is -1.98. The molecule has 6 nitrogen and oxygen atoms in total. The minimum absolute atomic E-state index is 0.0155. The molecule has 2 aromatic carbocycles. The minimum atomic E-state index is -0.588. The highest BCUT2D eigenvalue weighted by atomic mass is 79.9. The van der Waals surface area contributed by atoms with Crippen molar-refractivity contribution in [1.29, 1.82) is 0 Å². The van der Waals surface area contributed by atoms with Gasteiger partial charge in [-0.25, -0.2) is 4.79 Å². The molecule has 0 unspecified atom stereocenters. The quantitative estimate of drug-likeness (QED) is 0.366. The van der Waals surface area contributed by atoms with Crippen molar-refractivity contribution in [1.82, 2.24) is 0 Å². The van der Waals surface area contributed by atoms with Gasteiger partial charge in [-0.2, -0.15) is 0 Å². The molecule has 2 rings (SSSR count). The molecule has 0 atom stereocenters. The summed E-state index contributed by atoms with van der Waals surface area (Å²) in [5, 5.41) is 14.1. The van der Waals surface area contributed by atoms with E-state index in [1.807, 2.05) is 0 Å². The lowest BCUT2D eigenvalue weighted by atomic mass is 10.2. The van der Waals surface area contributed by atoms with Crippen LogP contribution in [0.4, 0.5) is 5.69 Å². The van der Waals surface area contributed by atoms with Crippen molar-refractivity contribution in [2.24, 2.45) is 5.16 Å². The van der Waals surface area contributed by atoms with Gasteiger partial charge in [-0.05, 0) is 35.9 Å². The number of benzene rings is 2. The van der Waals surface area contributed by atoms with Crippen molar-refractivity contribution in [2.75, 3.05) is 0 Å². The third-order valence-corrected chi connectivity index (χ3v) is 2.99. The Morgan fingerprint density at radius 2 is 1.95 bits per heavy atom. The fraction of sp³-hybridized carbons (Fsp3) is 0. The van der Waals surface area contributed by atoms with Gasteiger partial charge in [0.15, 0.2) is 0 Å². The predicted molar refractivity (Wildman–Crippen MR) is 80.2 cm³/mol. The molecule has 0 saturated carbocycles. The van der Waals surface area contributed by atoms with E-state index < -0.39 is 10.9 Å². The molecule has 7 heteroatoms. The second-order valence-electron chi connectivity index (χ2n) is 3.97. The van der Waals surface area contributed by atoms with Gasteiger partial charge in [-0.1, -0.05) is 27.2 Å². The van der Waals surface area contributed by atoms with E-state index in [1.165, 1.54) is 30.5 Å². The number of rotatable bonds is 4. The summed E-state index contributed by atoms with van der Waals surface area (Å²) >= 11 is 3.25. The fourth-order valence-electron chi connectivity index (χ4n) is 1.49. The smallest absolute Gasteiger partial charge is 0.313 e. The molecule has 0 aromatic heterocycles. The number of carbonyl (C=O) groups excluding carboxylic acids is 1. The van der Waals surface area contributed by atoms with Crippen molar-refractivity contribution in [3.63, 3.8) is 0 Å². The maximum Gasteiger partial charge on any atom is 0.365 e. The number of non-ortho nitro benzene ring substituents is 1. The third kappa shape index (κ3) is 4.22. The van der Waals surface area contributed by atoms with Crippen LogP contribution in [0.5, 0.6) is 0 Å². The van der Waals surface area contributed by atoms with Crippen LogP contribution in [0.1, 0.15) is 15.9 Å². The molecule has 21 heavy (non-hydrogen) atoms. The maximum absolute atomic E-state index is 11.7. The Kier molecular flexibility index (Phi) is 4.78. The topological polar surface area (TPSA) is 81.8 Å². The number of nitro benzene ring substituents is 1. The first-order chi connectivity index (χ1) is 10.1. The largest absolute Gasteiger partial charge is 0.365 e. The molecule has 0 aliphatic carbocycles. The van der Waals surface area contributed by atoms with Crippen molar-refractivity contribution < 1.29 is 14.6 Å². The van der Waals surface area contributed by atoms with Crippen LogP contribution in [-0.4, -0.2) is 17.1 Å². The van der Waals surface area contributed by atoms with Crippen molar-refractivity contribution in [2.45, 2.75) is 0 Å². The first-order valence-corrected chi connectivity index (χ1v) is 6.60. The van der Waals surface area contributed by atoms with Crippen LogP contribution < -0.4 is 0 Å². The van der Waals surface area contributed by atoms with Crippen molar-refractivity contribution >= 4 is 33.8 Å². The summed E-state index contributed by atoms with van der Waals surface area (Å²) in [4.78, 5) is 26.4. The van der Waals surface area contributed by atoms with E-state index in [9.17, 15) is 14.9 Å². The van der Waals surface area contributed by atoms with Crippen LogP contribution in [0.3, 0.4) is 0 Å². The molecule has 0 bridgehead atoms. The Hall–Kier alpha value is -2.54. The van der Waals surface area contributed by atoms with E-state index in [4.69, 9.17) is 4.84 Å². The maximum atomic E-state index is 11.7. The molecular formula is C14H9BrN2O4. The molecule has 0 fully saturated rings. The van der Waals surface area contributed by atoms with E-state index in [0.29, 0.717) is 11.1 Å². The minimum Gasteiger partial charge on any atom is -0.313 e. The van der Waals surface area contributed by atoms with Crippen LogP contribution in [0.2, 0.25) is 0 Å². The van der Waals surface area contributed by atoms with E-state index in [2.05, 4.69) is 21.1 Å². The van der Waals surface area contributed by atoms with Gasteiger partial charge < -0.3 is 4.84 Å². The van der Waals surface area contributed by atoms with E-state index in [0.717, 1.165) is 4.47 Å². The normalized spacial score (nSPS) is 10.5. The van der Waals surface area contributed by atoms with E-state index in [-0.39, 0.29) is 5.69 Å². The molecule has 0 aliphatic heterocycles. The Bertz CT molecular complexity index is 698. The summed E-state index contributed by atoms with van der Waals surface area (Å²) in [5.41, 5.74) is 0.936. The van der Waals surface area contributed by atoms with Gasteiger partial charge in [0, 0.05) is 16.6 Å². The molecule has 0 spiro atoms. The molecule has 0 heterocycles. The Balaban J connectivity index is 1.99. The molecule has 0 saturated heterocycles. The second kappa shape index (κ2) is 6.76. The highest BCUT2D eigenvalue weighted by molar-refractivity contribution is 9.10. The Morgan fingerprint density at radius 1 is 1.24 bits per heavy atom. The van der Waals surface area contributed by atoms with Gasteiger partial charge >= 0.3 is 5.97 Å². The zero-order valence-corrected chi connectivity index (χ0v) is 12.2. The van der Waals surface area contributed by atoms with Gasteiger partial charge in [-0.3, -0.25) is 10.1 Å². The first-order valence-electron chi connectivity index (χ1n) is 5.81. The molecule has 2 aromatic rings. The Morgan fingerprint density at radius 3 is 2.57 bits per heavy atom. The zero-order chi connectivity index (χ0) is 15.2. The van der Waals surface area contributed by atoms with Gasteiger partial charge in [0.05, 0.1) is 16.7 Å². The van der Waals surface area contributed by atoms with Crippen molar-refractivity contribution in [3.05, 3.63) is 74.2 Å². The molecular weight excluding hydrogens is 340 g/mol. The predicted octanol–water partition coefficient (Wildman–Crippen LogP) is 3.55. The number of hydrogen-bond acceptors (Lipinski definition) is 5. The molecule has 0 aliphatic rings. The van der Waals surface area contributed by atoms with E-state index >= 15 is 0 Å². The fourth-order valence-corrected chi connectivity index (χ4v) is 1.88. The third-order valence-electron chi connectivity index (χ3n) is 2.50. The number of hydrogen-bond donors (Lipinski definition) is 0. The summed E-state index contributed by atoms with van der Waals surface area (Å²) in [6.45, 7) is 0. The van der Waals surface area contributed by atoms with Crippen LogP contribution in [-0.2, 0) is 4.84 Å². The number of nitro groups is 1. The highest BCUT2D eigenvalue weighted by Crippen LogP contribution is 2.13. The number of nitrogens with zero attached hydrogens (tertiary/aromatic N) is 2. The van der Waals surface area contributed by atoms with Gasteiger partial charge in [0.2, 0.25) is 0 Å². The summed E-state index contributed by atoms with van der Waals surface area (Å²) in [7, 11) is 0. The van der Waals surface area contributed by atoms with Crippen molar-refractivity contribution in [3.8, 4) is 0 Å². The zero-order valence-electron chi connectivity index (χ0n) is 10.6. The average molecular weight is 349 g/mol. The summed E-state index contributed by atoms with van der Waals surface area (Å²) in [6, 6.07) is 12.4. The van der Waals surface area contributed by atoms with Crippen LogP contribution >= 0.6 is 15.9 Å². The van der Waals surface area contributed by atoms with E-state index in [1.54, 1.807) is 24.3 Å². The van der Waals surface area contributed by atoms with Crippen LogP contribution in [0.15, 0.2) is 58.2 Å². The molecule has 0 N–H and O–H groups in total. The second-order valence-corrected chi connectivity index (χ2v) is 4.89. The number of carbonyl (C=O) groups is 1. The monoisotopic (exact) mass is 348 g/mol. The summed E-state index contributed by atoms with van der Waals surface area (Å²) < 4.78 is 0.760.